The van der Waals surface area contributed by atoms with Crippen LogP contribution >= 0.6 is 11.8 Å². The fraction of sp³-hybridized carbons (Fsp3) is 0.500. The van der Waals surface area contributed by atoms with Gasteiger partial charge in [0.25, 0.3) is 0 Å². The lowest BCUT2D eigenvalue weighted by Gasteiger charge is -2.34. The minimum absolute atomic E-state index is 0.614. The number of amidine groups is 1. The number of rotatable bonds is 3. The minimum atomic E-state index is 0.614. The van der Waals surface area contributed by atoms with Crippen molar-refractivity contribution in [2.24, 2.45) is 4.99 Å². The molecule has 0 unspecified atom stereocenters. The molecule has 4 rings (SSSR count). The lowest BCUT2D eigenvalue weighted by molar-refractivity contribution is 0.159. The number of pyridine rings is 1. The predicted octanol–water partition coefficient (Wildman–Crippen LogP) is 1.74. The van der Waals surface area contributed by atoms with Crippen LogP contribution in [0.2, 0.25) is 0 Å². The summed E-state index contributed by atoms with van der Waals surface area (Å²) in [5, 5.41) is 5.89. The fourth-order valence-corrected chi connectivity index (χ4v) is 3.85. The van der Waals surface area contributed by atoms with Crippen molar-refractivity contribution in [3.63, 3.8) is 0 Å². The summed E-state index contributed by atoms with van der Waals surface area (Å²) in [5.74, 6) is 1.29. The number of hydrogen-bond acceptors (Lipinski definition) is 8. The zero-order valence-corrected chi connectivity index (χ0v) is 14.4. The van der Waals surface area contributed by atoms with Gasteiger partial charge >= 0.3 is 0 Å². The Bertz CT molecular complexity index is 710. The lowest BCUT2D eigenvalue weighted by atomic mass is 10.2. The van der Waals surface area contributed by atoms with Crippen LogP contribution in [0.15, 0.2) is 34.0 Å². The van der Waals surface area contributed by atoms with Crippen LogP contribution in [0, 0.1) is 0 Å². The molecule has 0 aliphatic carbocycles. The van der Waals surface area contributed by atoms with E-state index in [4.69, 9.17) is 4.52 Å². The highest BCUT2D eigenvalue weighted by Gasteiger charge is 2.25. The third kappa shape index (κ3) is 3.44. The van der Waals surface area contributed by atoms with Crippen LogP contribution in [0.3, 0.4) is 0 Å². The zero-order valence-electron chi connectivity index (χ0n) is 13.6. The number of aliphatic imine (C=N–C) groups is 1. The monoisotopic (exact) mass is 344 g/mol. The van der Waals surface area contributed by atoms with Gasteiger partial charge in [-0.15, -0.1) is 0 Å². The first-order valence-corrected chi connectivity index (χ1v) is 9.07. The van der Waals surface area contributed by atoms with E-state index in [1.54, 1.807) is 12.4 Å². The number of hydrogen-bond donors (Lipinski definition) is 0. The Balaban J connectivity index is 1.32. The first-order chi connectivity index (χ1) is 11.8. The van der Waals surface area contributed by atoms with Gasteiger partial charge in [0, 0.05) is 49.4 Å². The van der Waals surface area contributed by atoms with Crippen molar-refractivity contribution in [1.29, 1.82) is 0 Å². The molecular weight excluding hydrogens is 324 g/mol. The molecule has 0 spiro atoms. The van der Waals surface area contributed by atoms with Crippen molar-refractivity contribution in [1.82, 2.24) is 24.9 Å². The normalized spacial score (nSPS) is 22.0. The van der Waals surface area contributed by atoms with Crippen LogP contribution in [0.4, 0.5) is 0 Å². The largest absolute Gasteiger partial charge is 0.349 e. The second-order valence-corrected chi connectivity index (χ2v) is 7.47. The van der Waals surface area contributed by atoms with E-state index in [0.29, 0.717) is 23.5 Å². The van der Waals surface area contributed by atoms with E-state index < -0.39 is 0 Å². The first-order valence-electron chi connectivity index (χ1n) is 8.19. The van der Waals surface area contributed by atoms with E-state index >= 15 is 0 Å². The van der Waals surface area contributed by atoms with Crippen molar-refractivity contribution in [2.45, 2.75) is 18.7 Å². The molecule has 2 aliphatic rings. The molecule has 24 heavy (non-hydrogen) atoms. The van der Waals surface area contributed by atoms with E-state index in [9.17, 15) is 0 Å². The molecule has 0 radical (unpaired) electrons. The van der Waals surface area contributed by atoms with Gasteiger partial charge in [-0.1, -0.05) is 23.8 Å². The molecule has 1 saturated heterocycles. The Kier molecular flexibility index (Phi) is 4.48. The average molecular weight is 344 g/mol. The van der Waals surface area contributed by atoms with Gasteiger partial charge in [-0.2, -0.15) is 4.98 Å². The van der Waals surface area contributed by atoms with Crippen LogP contribution in [0.25, 0.3) is 11.4 Å². The first kappa shape index (κ1) is 15.6. The van der Waals surface area contributed by atoms with Gasteiger partial charge in [-0.25, -0.2) is 0 Å². The van der Waals surface area contributed by atoms with Gasteiger partial charge in [-0.05, 0) is 12.1 Å². The number of thioether (sulfide) groups is 1. The molecule has 2 aromatic heterocycles. The Labute approximate surface area is 145 Å². The molecule has 126 valence electrons. The number of piperazine rings is 1. The predicted molar refractivity (Wildman–Crippen MR) is 93.7 cm³/mol. The minimum Gasteiger partial charge on any atom is -0.349 e. The fourth-order valence-electron chi connectivity index (χ4n) is 2.86. The topological polar surface area (TPSA) is 70.7 Å². The van der Waals surface area contributed by atoms with Crippen molar-refractivity contribution in [3.8, 4) is 11.4 Å². The van der Waals surface area contributed by atoms with Crippen molar-refractivity contribution >= 4 is 16.9 Å². The molecule has 0 amide bonds. The highest BCUT2D eigenvalue weighted by atomic mass is 32.2. The highest BCUT2D eigenvalue weighted by Crippen LogP contribution is 2.24. The average Bonchev–Trinajstić information content (AvgIpc) is 3.26. The summed E-state index contributed by atoms with van der Waals surface area (Å²) in [6.07, 6.45) is 3.46. The summed E-state index contributed by atoms with van der Waals surface area (Å²) in [5.41, 5.74) is 0.926. The van der Waals surface area contributed by atoms with Crippen LogP contribution in [-0.4, -0.2) is 68.1 Å². The third-order valence-corrected chi connectivity index (χ3v) is 5.35. The molecule has 0 N–H and O–H groups in total. The van der Waals surface area contributed by atoms with Crippen molar-refractivity contribution in [2.75, 3.05) is 32.7 Å². The summed E-state index contributed by atoms with van der Waals surface area (Å²) in [6.45, 7) is 7.85. The second kappa shape index (κ2) is 6.90. The Hall–Kier alpha value is -1.93. The van der Waals surface area contributed by atoms with Crippen molar-refractivity contribution in [3.05, 3.63) is 30.4 Å². The molecule has 2 aliphatic heterocycles. The SMILES string of the molecule is C[C@@H]1CN=C(N2CCN(Cc3nc(-c4ccncc4)no3)CC2)S1. The maximum Gasteiger partial charge on any atom is 0.241 e. The molecule has 7 nitrogen and oxygen atoms in total. The maximum atomic E-state index is 5.40. The van der Waals surface area contributed by atoms with Crippen LogP contribution in [0.5, 0.6) is 0 Å². The second-order valence-electron chi connectivity index (χ2n) is 6.06. The van der Waals surface area contributed by atoms with E-state index in [1.165, 1.54) is 5.17 Å². The van der Waals surface area contributed by atoms with E-state index in [1.807, 2.05) is 23.9 Å². The van der Waals surface area contributed by atoms with Crippen molar-refractivity contribution < 1.29 is 4.52 Å². The summed E-state index contributed by atoms with van der Waals surface area (Å²) in [7, 11) is 0. The molecule has 1 atom stereocenters. The van der Waals surface area contributed by atoms with E-state index in [0.717, 1.165) is 38.3 Å². The molecule has 1 fully saturated rings. The van der Waals surface area contributed by atoms with Crippen LogP contribution < -0.4 is 0 Å². The quantitative estimate of drug-likeness (QED) is 0.840. The third-order valence-electron chi connectivity index (χ3n) is 4.20. The molecule has 0 aromatic carbocycles. The highest BCUT2D eigenvalue weighted by molar-refractivity contribution is 8.14. The summed E-state index contributed by atoms with van der Waals surface area (Å²) in [6, 6.07) is 3.77. The lowest BCUT2D eigenvalue weighted by Crippen LogP contribution is -2.47. The van der Waals surface area contributed by atoms with E-state index in [2.05, 4.69) is 36.8 Å². The van der Waals surface area contributed by atoms with Gasteiger partial charge in [0.1, 0.15) is 0 Å². The maximum absolute atomic E-state index is 5.40. The van der Waals surface area contributed by atoms with Gasteiger partial charge in [0.15, 0.2) is 5.17 Å². The van der Waals surface area contributed by atoms with Gasteiger partial charge in [0.2, 0.25) is 11.7 Å². The zero-order chi connectivity index (χ0) is 16.4. The Morgan fingerprint density at radius 2 is 2.00 bits per heavy atom. The molecule has 2 aromatic rings. The Morgan fingerprint density at radius 1 is 1.21 bits per heavy atom. The molecular formula is C16H20N6OS. The van der Waals surface area contributed by atoms with Gasteiger partial charge in [-0.3, -0.25) is 14.9 Å². The molecule has 0 bridgehead atoms. The van der Waals surface area contributed by atoms with Crippen LogP contribution in [-0.2, 0) is 6.54 Å². The summed E-state index contributed by atoms with van der Waals surface area (Å²) in [4.78, 5) is 17.9. The Morgan fingerprint density at radius 3 is 2.71 bits per heavy atom. The summed E-state index contributed by atoms with van der Waals surface area (Å²) >= 11 is 1.89. The molecule has 4 heterocycles. The smallest absolute Gasteiger partial charge is 0.241 e. The van der Waals surface area contributed by atoms with E-state index in [-0.39, 0.29) is 0 Å². The summed E-state index contributed by atoms with van der Waals surface area (Å²) < 4.78 is 5.40. The standard InChI is InChI=1S/C16H20N6OS/c1-12-10-18-16(24-12)22-8-6-21(7-9-22)11-14-19-15(20-23-14)13-2-4-17-5-3-13/h2-5,12H,6-11H2,1H3/t12-/m1/s1. The van der Waals surface area contributed by atoms with Gasteiger partial charge < -0.3 is 9.42 Å². The molecule has 8 heteroatoms. The molecule has 0 saturated carbocycles. The number of aromatic nitrogens is 3. The van der Waals surface area contributed by atoms with Crippen LogP contribution in [0.1, 0.15) is 12.8 Å². The van der Waals surface area contributed by atoms with Gasteiger partial charge in [0.05, 0.1) is 13.1 Å². The number of nitrogens with zero attached hydrogens (tertiary/aromatic N) is 6.